The van der Waals surface area contributed by atoms with Crippen molar-refractivity contribution in [3.05, 3.63) is 23.7 Å². The summed E-state index contributed by atoms with van der Waals surface area (Å²) in [6, 6.07) is 5.38. The van der Waals surface area contributed by atoms with Crippen molar-refractivity contribution in [1.29, 1.82) is 5.26 Å². The van der Waals surface area contributed by atoms with E-state index in [1.807, 2.05) is 6.07 Å². The highest BCUT2D eigenvalue weighted by molar-refractivity contribution is 5.49. The van der Waals surface area contributed by atoms with Gasteiger partial charge in [-0.15, -0.1) is 0 Å². The Kier molecular flexibility index (Phi) is 2.98. The predicted molar refractivity (Wildman–Crippen MR) is 54.4 cm³/mol. The zero-order chi connectivity index (χ0) is 11.4. The maximum Gasteiger partial charge on any atom is 0.274 e. The summed E-state index contributed by atoms with van der Waals surface area (Å²) in [6.07, 6.45) is 0.603. The Morgan fingerprint density at radius 3 is 3.12 bits per heavy atom. The molecule has 0 amide bonds. The van der Waals surface area contributed by atoms with E-state index >= 15 is 0 Å². The standard InChI is InChI=1S/C10H10N4O2/c1-15-5-4-9-13-10(16-14-9)8-3-2-7(6-11)12-8/h2-3,12H,4-5H2,1H3. The molecule has 6 nitrogen and oxygen atoms in total. The van der Waals surface area contributed by atoms with Gasteiger partial charge in [-0.1, -0.05) is 5.16 Å². The quantitative estimate of drug-likeness (QED) is 0.830. The summed E-state index contributed by atoms with van der Waals surface area (Å²) in [5.41, 5.74) is 1.11. The Balaban J connectivity index is 2.15. The van der Waals surface area contributed by atoms with Gasteiger partial charge < -0.3 is 14.2 Å². The number of nitriles is 1. The first-order valence-corrected chi connectivity index (χ1v) is 4.74. The molecule has 0 unspecified atom stereocenters. The molecule has 2 aromatic heterocycles. The number of methoxy groups -OCH3 is 1. The maximum absolute atomic E-state index is 8.65. The Hall–Kier alpha value is -2.13. The van der Waals surface area contributed by atoms with Gasteiger partial charge in [0.1, 0.15) is 17.5 Å². The second-order valence-corrected chi connectivity index (χ2v) is 3.16. The van der Waals surface area contributed by atoms with Crippen molar-refractivity contribution < 1.29 is 9.26 Å². The highest BCUT2D eigenvalue weighted by Crippen LogP contribution is 2.15. The average molecular weight is 218 g/mol. The van der Waals surface area contributed by atoms with Crippen LogP contribution in [0.2, 0.25) is 0 Å². The summed E-state index contributed by atoms with van der Waals surface area (Å²) >= 11 is 0. The van der Waals surface area contributed by atoms with E-state index in [0.29, 0.717) is 36.1 Å². The van der Waals surface area contributed by atoms with Crippen LogP contribution in [-0.4, -0.2) is 28.8 Å². The molecule has 0 aliphatic rings. The number of hydrogen-bond donors (Lipinski definition) is 1. The van der Waals surface area contributed by atoms with Crippen LogP contribution in [0.15, 0.2) is 16.7 Å². The second kappa shape index (κ2) is 4.59. The fourth-order valence-electron chi connectivity index (χ4n) is 1.24. The van der Waals surface area contributed by atoms with Crippen molar-refractivity contribution in [2.24, 2.45) is 0 Å². The predicted octanol–water partition coefficient (Wildman–Crippen LogP) is 1.13. The van der Waals surface area contributed by atoms with Crippen LogP contribution < -0.4 is 0 Å². The lowest BCUT2D eigenvalue weighted by Crippen LogP contribution is -1.96. The SMILES string of the molecule is COCCc1noc(-c2ccc(C#N)[nH]2)n1. The molecule has 0 aliphatic carbocycles. The highest BCUT2D eigenvalue weighted by Gasteiger charge is 2.10. The number of nitrogens with one attached hydrogen (secondary N) is 1. The Morgan fingerprint density at radius 2 is 2.44 bits per heavy atom. The molecule has 0 bridgehead atoms. The Morgan fingerprint density at radius 1 is 1.56 bits per heavy atom. The minimum atomic E-state index is 0.382. The molecule has 0 aromatic carbocycles. The van der Waals surface area contributed by atoms with Crippen molar-refractivity contribution >= 4 is 0 Å². The van der Waals surface area contributed by atoms with Crippen LogP contribution >= 0.6 is 0 Å². The summed E-state index contributed by atoms with van der Waals surface area (Å²) in [5, 5.41) is 12.5. The highest BCUT2D eigenvalue weighted by atomic mass is 16.5. The first-order valence-electron chi connectivity index (χ1n) is 4.74. The lowest BCUT2D eigenvalue weighted by molar-refractivity contribution is 0.199. The molecule has 2 heterocycles. The van der Waals surface area contributed by atoms with Crippen LogP contribution in [0.3, 0.4) is 0 Å². The van der Waals surface area contributed by atoms with E-state index in [1.54, 1.807) is 19.2 Å². The van der Waals surface area contributed by atoms with Crippen LogP contribution in [0.4, 0.5) is 0 Å². The Bertz CT molecular complexity index is 509. The molecule has 0 saturated heterocycles. The molecule has 0 atom stereocenters. The molecule has 0 fully saturated rings. The van der Waals surface area contributed by atoms with Gasteiger partial charge in [0, 0.05) is 13.5 Å². The minimum absolute atomic E-state index is 0.382. The van der Waals surface area contributed by atoms with Crippen molar-refractivity contribution in [1.82, 2.24) is 15.1 Å². The van der Waals surface area contributed by atoms with E-state index in [0.717, 1.165) is 0 Å². The zero-order valence-corrected chi connectivity index (χ0v) is 8.73. The average Bonchev–Trinajstić information content (AvgIpc) is 2.94. The van der Waals surface area contributed by atoms with Gasteiger partial charge in [-0.05, 0) is 12.1 Å². The van der Waals surface area contributed by atoms with Crippen molar-refractivity contribution in [2.45, 2.75) is 6.42 Å². The molecule has 0 aliphatic heterocycles. The fourth-order valence-corrected chi connectivity index (χ4v) is 1.24. The monoisotopic (exact) mass is 218 g/mol. The Labute approximate surface area is 91.8 Å². The molecule has 0 saturated carbocycles. The lowest BCUT2D eigenvalue weighted by atomic mass is 10.4. The van der Waals surface area contributed by atoms with Gasteiger partial charge in [-0.25, -0.2) is 0 Å². The van der Waals surface area contributed by atoms with Gasteiger partial charge in [0.05, 0.1) is 6.61 Å². The van der Waals surface area contributed by atoms with Gasteiger partial charge in [-0.2, -0.15) is 10.2 Å². The number of aromatic nitrogens is 3. The number of nitrogens with zero attached hydrogens (tertiary/aromatic N) is 3. The molecule has 16 heavy (non-hydrogen) atoms. The van der Waals surface area contributed by atoms with Crippen LogP contribution in [0.5, 0.6) is 0 Å². The third-order valence-electron chi connectivity index (χ3n) is 2.03. The molecular weight excluding hydrogens is 208 g/mol. The molecule has 2 rings (SSSR count). The van der Waals surface area contributed by atoms with Gasteiger partial charge in [0.2, 0.25) is 0 Å². The second-order valence-electron chi connectivity index (χ2n) is 3.16. The third-order valence-corrected chi connectivity index (χ3v) is 2.03. The molecule has 6 heteroatoms. The van der Waals surface area contributed by atoms with Crippen LogP contribution in [0.25, 0.3) is 11.6 Å². The number of hydrogen-bond acceptors (Lipinski definition) is 5. The summed E-state index contributed by atoms with van der Waals surface area (Å²) in [6.45, 7) is 0.549. The van der Waals surface area contributed by atoms with Gasteiger partial charge >= 0.3 is 0 Å². The summed E-state index contributed by atoms with van der Waals surface area (Å²) in [7, 11) is 1.62. The molecular formula is C10H10N4O2. The number of H-pyrrole nitrogens is 1. The first-order chi connectivity index (χ1) is 7.83. The molecule has 0 spiro atoms. The number of rotatable bonds is 4. The summed E-state index contributed by atoms with van der Waals surface area (Å²) in [5.74, 6) is 0.970. The largest absolute Gasteiger partial charge is 0.384 e. The van der Waals surface area contributed by atoms with Crippen LogP contribution in [-0.2, 0) is 11.2 Å². The van der Waals surface area contributed by atoms with E-state index in [-0.39, 0.29) is 0 Å². The van der Waals surface area contributed by atoms with E-state index < -0.39 is 0 Å². The molecule has 1 N–H and O–H groups in total. The maximum atomic E-state index is 8.65. The minimum Gasteiger partial charge on any atom is -0.384 e. The van der Waals surface area contributed by atoms with Gasteiger partial charge in [0.15, 0.2) is 5.82 Å². The number of aromatic amines is 1. The molecule has 0 radical (unpaired) electrons. The number of ether oxygens (including phenoxy) is 1. The summed E-state index contributed by atoms with van der Waals surface area (Å²) < 4.78 is 9.96. The van der Waals surface area contributed by atoms with Crippen molar-refractivity contribution in [3.63, 3.8) is 0 Å². The van der Waals surface area contributed by atoms with Crippen molar-refractivity contribution in [3.8, 4) is 17.7 Å². The lowest BCUT2D eigenvalue weighted by Gasteiger charge is -1.90. The smallest absolute Gasteiger partial charge is 0.274 e. The van der Waals surface area contributed by atoms with Gasteiger partial charge in [0.25, 0.3) is 5.89 Å². The van der Waals surface area contributed by atoms with Crippen molar-refractivity contribution in [2.75, 3.05) is 13.7 Å². The molecule has 2 aromatic rings. The normalized spacial score (nSPS) is 10.2. The fraction of sp³-hybridized carbons (Fsp3) is 0.300. The summed E-state index contributed by atoms with van der Waals surface area (Å²) in [4.78, 5) is 7.03. The van der Waals surface area contributed by atoms with E-state index in [9.17, 15) is 0 Å². The topological polar surface area (TPSA) is 87.7 Å². The van der Waals surface area contributed by atoms with E-state index in [1.165, 1.54) is 0 Å². The van der Waals surface area contributed by atoms with E-state index in [2.05, 4.69) is 15.1 Å². The molecule has 82 valence electrons. The van der Waals surface area contributed by atoms with Crippen LogP contribution in [0.1, 0.15) is 11.5 Å². The zero-order valence-electron chi connectivity index (χ0n) is 8.73. The van der Waals surface area contributed by atoms with Gasteiger partial charge in [-0.3, -0.25) is 0 Å². The first kappa shape index (κ1) is 10.4. The van der Waals surface area contributed by atoms with Crippen LogP contribution in [0, 0.1) is 11.3 Å². The third kappa shape index (κ3) is 2.10. The van der Waals surface area contributed by atoms with E-state index in [4.69, 9.17) is 14.5 Å².